The lowest BCUT2D eigenvalue weighted by molar-refractivity contribution is -0.0970. The van der Waals surface area contributed by atoms with Crippen LogP contribution in [-0.2, 0) is 5.54 Å². The summed E-state index contributed by atoms with van der Waals surface area (Å²) >= 11 is 0. The van der Waals surface area contributed by atoms with Gasteiger partial charge in [0.25, 0.3) is 0 Å². The Kier molecular flexibility index (Phi) is 6.66. The van der Waals surface area contributed by atoms with Gasteiger partial charge in [0, 0.05) is 18.0 Å². The standard InChI is InChI=1S/C18H18F3N5.C2H6/c1-12(25-26-13(2)18(19,20)21)14-10-22-16(23-11-14)24-17(8-9-17)15-6-4-3-5-7-15;1-2/h3-7,10-11,25-26H,1-2,8-9H2,(H,22,23,24);1-2H3. The van der Waals surface area contributed by atoms with Crippen molar-refractivity contribution in [2.24, 2.45) is 0 Å². The lowest BCUT2D eigenvalue weighted by atomic mass is 10.1. The maximum atomic E-state index is 12.4. The third-order valence-electron chi connectivity index (χ3n) is 4.13. The molecule has 1 aliphatic carbocycles. The van der Waals surface area contributed by atoms with E-state index in [2.05, 4.69) is 46.0 Å². The zero-order valence-corrected chi connectivity index (χ0v) is 15.9. The summed E-state index contributed by atoms with van der Waals surface area (Å²) in [6, 6.07) is 10.0. The minimum atomic E-state index is -4.53. The minimum absolute atomic E-state index is 0.149. The summed E-state index contributed by atoms with van der Waals surface area (Å²) in [7, 11) is 0. The van der Waals surface area contributed by atoms with E-state index < -0.39 is 11.9 Å². The van der Waals surface area contributed by atoms with Crippen molar-refractivity contribution in [2.75, 3.05) is 5.32 Å². The molecule has 0 saturated heterocycles. The van der Waals surface area contributed by atoms with Gasteiger partial charge >= 0.3 is 6.18 Å². The second-order valence-corrected chi connectivity index (χ2v) is 6.07. The molecule has 1 saturated carbocycles. The molecule has 1 aromatic heterocycles. The first-order valence-electron chi connectivity index (χ1n) is 8.93. The van der Waals surface area contributed by atoms with Gasteiger partial charge in [0.2, 0.25) is 5.95 Å². The second-order valence-electron chi connectivity index (χ2n) is 6.07. The van der Waals surface area contributed by atoms with Crippen molar-refractivity contribution in [1.29, 1.82) is 0 Å². The van der Waals surface area contributed by atoms with E-state index in [-0.39, 0.29) is 11.2 Å². The molecule has 0 unspecified atom stereocenters. The fourth-order valence-electron chi connectivity index (χ4n) is 2.42. The molecular formula is C20H24F3N5. The van der Waals surface area contributed by atoms with E-state index in [9.17, 15) is 13.2 Å². The van der Waals surface area contributed by atoms with E-state index >= 15 is 0 Å². The number of halogens is 3. The van der Waals surface area contributed by atoms with E-state index in [1.54, 1.807) is 0 Å². The smallest absolute Gasteiger partial charge is 0.345 e. The molecule has 1 aliphatic rings. The van der Waals surface area contributed by atoms with Crippen molar-refractivity contribution < 1.29 is 13.2 Å². The van der Waals surface area contributed by atoms with Crippen LogP contribution in [0.15, 0.2) is 61.6 Å². The third kappa shape index (κ3) is 5.25. The molecule has 2 aromatic rings. The predicted molar refractivity (Wildman–Crippen MR) is 105 cm³/mol. The average molecular weight is 391 g/mol. The van der Waals surface area contributed by atoms with Crippen LogP contribution in [0, 0.1) is 0 Å². The largest absolute Gasteiger partial charge is 0.432 e. The normalized spacial score (nSPS) is 14.2. The second kappa shape index (κ2) is 8.77. The molecule has 0 bridgehead atoms. The highest BCUT2D eigenvalue weighted by atomic mass is 19.4. The van der Waals surface area contributed by atoms with Crippen LogP contribution in [0.2, 0.25) is 0 Å². The van der Waals surface area contributed by atoms with Gasteiger partial charge in [-0.25, -0.2) is 9.97 Å². The summed E-state index contributed by atoms with van der Waals surface area (Å²) in [4.78, 5) is 8.46. The van der Waals surface area contributed by atoms with Crippen molar-refractivity contribution in [3.8, 4) is 0 Å². The fourth-order valence-corrected chi connectivity index (χ4v) is 2.42. The Morgan fingerprint density at radius 1 is 1.00 bits per heavy atom. The number of hydrazine groups is 1. The Bertz CT molecular complexity index is 797. The summed E-state index contributed by atoms with van der Waals surface area (Å²) in [5.74, 6) is 0.454. The molecule has 5 nitrogen and oxygen atoms in total. The highest BCUT2D eigenvalue weighted by Gasteiger charge is 2.44. The number of allylic oxidation sites excluding steroid dienone is 1. The molecule has 1 aromatic carbocycles. The number of anilines is 1. The number of hydrogen-bond acceptors (Lipinski definition) is 5. The molecule has 150 valence electrons. The summed E-state index contributed by atoms with van der Waals surface area (Å²) < 4.78 is 37.2. The lowest BCUT2D eigenvalue weighted by Gasteiger charge is -2.18. The van der Waals surface area contributed by atoms with Crippen molar-refractivity contribution in [2.45, 2.75) is 38.4 Å². The zero-order chi connectivity index (χ0) is 20.8. The van der Waals surface area contributed by atoms with Gasteiger partial charge < -0.3 is 10.7 Å². The first-order chi connectivity index (χ1) is 13.3. The van der Waals surface area contributed by atoms with Crippen LogP contribution in [0.25, 0.3) is 5.70 Å². The molecule has 3 rings (SSSR count). The molecule has 0 amide bonds. The Morgan fingerprint density at radius 2 is 1.57 bits per heavy atom. The predicted octanol–water partition coefficient (Wildman–Crippen LogP) is 4.74. The van der Waals surface area contributed by atoms with Gasteiger partial charge in [-0.1, -0.05) is 57.3 Å². The van der Waals surface area contributed by atoms with Crippen LogP contribution in [-0.4, -0.2) is 16.1 Å². The molecule has 1 fully saturated rings. The molecule has 0 radical (unpaired) electrons. The number of rotatable bonds is 7. The number of benzene rings is 1. The zero-order valence-electron chi connectivity index (χ0n) is 15.9. The Labute approximate surface area is 162 Å². The van der Waals surface area contributed by atoms with Gasteiger partial charge in [-0.2, -0.15) is 13.2 Å². The maximum absolute atomic E-state index is 12.4. The highest BCUT2D eigenvalue weighted by molar-refractivity contribution is 5.60. The molecule has 3 N–H and O–H groups in total. The van der Waals surface area contributed by atoms with Crippen molar-refractivity contribution in [1.82, 2.24) is 20.8 Å². The molecule has 1 heterocycles. The number of nitrogens with zero attached hydrogens (tertiary/aromatic N) is 2. The maximum Gasteiger partial charge on any atom is 0.432 e. The highest BCUT2D eigenvalue weighted by Crippen LogP contribution is 2.47. The molecule has 0 aliphatic heterocycles. The first kappa shape index (κ1) is 21.3. The van der Waals surface area contributed by atoms with Crippen LogP contribution >= 0.6 is 0 Å². The van der Waals surface area contributed by atoms with Crippen LogP contribution in [0.5, 0.6) is 0 Å². The van der Waals surface area contributed by atoms with E-state index in [4.69, 9.17) is 0 Å². The van der Waals surface area contributed by atoms with E-state index in [1.165, 1.54) is 18.0 Å². The van der Waals surface area contributed by atoms with Crippen molar-refractivity contribution in [3.63, 3.8) is 0 Å². The van der Waals surface area contributed by atoms with Gasteiger partial charge in [-0.15, -0.1) is 0 Å². The lowest BCUT2D eigenvalue weighted by Crippen LogP contribution is -2.35. The van der Waals surface area contributed by atoms with Crippen LogP contribution < -0.4 is 16.2 Å². The van der Waals surface area contributed by atoms with Gasteiger partial charge in [-0.05, 0) is 18.4 Å². The Balaban J connectivity index is 0.00000136. The molecular weight excluding hydrogens is 367 g/mol. The van der Waals surface area contributed by atoms with Gasteiger partial charge in [0.15, 0.2) is 0 Å². The van der Waals surface area contributed by atoms with Crippen molar-refractivity contribution in [3.05, 3.63) is 72.7 Å². The Hall–Kier alpha value is -3.03. The topological polar surface area (TPSA) is 61.9 Å². The van der Waals surface area contributed by atoms with E-state index in [0.29, 0.717) is 11.5 Å². The monoisotopic (exact) mass is 391 g/mol. The quantitative estimate of drug-likeness (QED) is 0.595. The summed E-state index contributed by atoms with van der Waals surface area (Å²) in [5, 5.41) is 3.33. The number of aromatic nitrogens is 2. The number of nitrogens with one attached hydrogen (secondary N) is 3. The van der Waals surface area contributed by atoms with Crippen LogP contribution in [0.1, 0.15) is 37.8 Å². The number of hydrogen-bond donors (Lipinski definition) is 3. The first-order valence-corrected chi connectivity index (χ1v) is 8.93. The molecule has 28 heavy (non-hydrogen) atoms. The van der Waals surface area contributed by atoms with Gasteiger partial charge in [-0.3, -0.25) is 5.43 Å². The molecule has 0 atom stereocenters. The summed E-state index contributed by atoms with van der Waals surface area (Å²) in [5.41, 5.74) is 4.88. The van der Waals surface area contributed by atoms with Gasteiger partial charge in [0.05, 0.1) is 11.2 Å². The molecule has 0 spiro atoms. The van der Waals surface area contributed by atoms with E-state index in [0.717, 1.165) is 12.8 Å². The fraction of sp³-hybridized carbons (Fsp3) is 0.300. The van der Waals surface area contributed by atoms with Crippen LogP contribution in [0.4, 0.5) is 19.1 Å². The SMILES string of the molecule is C=C(NNC(=C)C(F)(F)F)c1cnc(NC2(c3ccccc3)CC2)nc1.CC. The van der Waals surface area contributed by atoms with E-state index in [1.807, 2.05) is 37.5 Å². The third-order valence-corrected chi connectivity index (χ3v) is 4.13. The minimum Gasteiger partial charge on any atom is -0.345 e. The van der Waals surface area contributed by atoms with Crippen LogP contribution in [0.3, 0.4) is 0 Å². The molecule has 8 heteroatoms. The summed E-state index contributed by atoms with van der Waals surface area (Å²) in [6.07, 6.45) is 0.418. The van der Waals surface area contributed by atoms with Gasteiger partial charge in [0.1, 0.15) is 5.70 Å². The number of alkyl halides is 3. The van der Waals surface area contributed by atoms with Crippen molar-refractivity contribution >= 4 is 11.6 Å². The Morgan fingerprint density at radius 3 is 2.07 bits per heavy atom. The summed E-state index contributed by atoms with van der Waals surface area (Å²) in [6.45, 7) is 10.6. The average Bonchev–Trinajstić information content (AvgIpc) is 3.48.